The van der Waals surface area contributed by atoms with Gasteiger partial charge in [-0.1, -0.05) is 174 Å². The molecule has 0 aliphatic rings. The fourth-order valence-corrected chi connectivity index (χ4v) is 5.68. The van der Waals surface area contributed by atoms with Crippen molar-refractivity contribution in [3.05, 3.63) is 12.2 Å². The third-order valence-electron chi connectivity index (χ3n) is 8.59. The van der Waals surface area contributed by atoms with Crippen molar-refractivity contribution < 1.29 is 19.4 Å². The van der Waals surface area contributed by atoms with E-state index in [1.807, 2.05) is 0 Å². The molecule has 0 spiro atoms. The molecule has 0 fully saturated rings. The van der Waals surface area contributed by atoms with Gasteiger partial charge < -0.3 is 14.6 Å². The van der Waals surface area contributed by atoms with Crippen molar-refractivity contribution >= 4 is 5.97 Å². The van der Waals surface area contributed by atoms with E-state index in [0.29, 0.717) is 19.6 Å². The molecule has 0 saturated carbocycles. The van der Waals surface area contributed by atoms with Crippen molar-refractivity contribution in [2.75, 3.05) is 19.8 Å². The lowest BCUT2D eigenvalue weighted by Gasteiger charge is -2.15. The first-order valence-electron chi connectivity index (χ1n) is 19.3. The molecule has 0 radical (unpaired) electrons. The van der Waals surface area contributed by atoms with Crippen LogP contribution in [0.25, 0.3) is 0 Å². The second-order valence-electron chi connectivity index (χ2n) is 13.0. The van der Waals surface area contributed by atoms with E-state index in [0.717, 1.165) is 19.3 Å². The molecule has 1 N–H and O–H groups in total. The number of carbonyl (C=O) groups is 1. The van der Waals surface area contributed by atoms with Gasteiger partial charge in [-0.05, 0) is 38.5 Å². The summed E-state index contributed by atoms with van der Waals surface area (Å²) in [5, 5.41) is 9.56. The largest absolute Gasteiger partial charge is 0.457 e. The normalized spacial score (nSPS) is 12.3. The minimum absolute atomic E-state index is 0.169. The molecule has 256 valence electrons. The predicted molar refractivity (Wildman–Crippen MR) is 187 cm³/mol. The van der Waals surface area contributed by atoms with Crippen molar-refractivity contribution in [1.29, 1.82) is 0 Å². The molecule has 43 heavy (non-hydrogen) atoms. The van der Waals surface area contributed by atoms with Crippen molar-refractivity contribution in [2.24, 2.45) is 0 Å². The summed E-state index contributed by atoms with van der Waals surface area (Å²) in [4.78, 5) is 12.1. The van der Waals surface area contributed by atoms with Crippen LogP contribution in [-0.4, -0.2) is 37.0 Å². The SMILES string of the molecule is CCCCCCCC/C=C\CCCCCCCCOCC(CO)OC(=O)CCCCCCCCCCCCCCCCC. The van der Waals surface area contributed by atoms with E-state index in [1.165, 1.54) is 167 Å². The van der Waals surface area contributed by atoms with Crippen LogP contribution in [0, 0.1) is 0 Å². The quantitative estimate of drug-likeness (QED) is 0.0437. The Kier molecular flexibility index (Phi) is 36.6. The molecule has 4 heteroatoms. The highest BCUT2D eigenvalue weighted by atomic mass is 16.6. The number of hydrogen-bond acceptors (Lipinski definition) is 4. The molecule has 0 aliphatic heterocycles. The van der Waals surface area contributed by atoms with E-state index in [4.69, 9.17) is 9.47 Å². The first-order chi connectivity index (χ1) is 21.2. The van der Waals surface area contributed by atoms with Crippen LogP contribution < -0.4 is 0 Å². The Morgan fingerprint density at radius 3 is 1.33 bits per heavy atom. The minimum atomic E-state index is -0.530. The zero-order valence-corrected chi connectivity index (χ0v) is 29.2. The third-order valence-corrected chi connectivity index (χ3v) is 8.59. The average Bonchev–Trinajstić information content (AvgIpc) is 3.01. The molecule has 0 heterocycles. The van der Waals surface area contributed by atoms with Gasteiger partial charge in [-0.15, -0.1) is 0 Å². The first kappa shape index (κ1) is 42.1. The fourth-order valence-electron chi connectivity index (χ4n) is 5.68. The van der Waals surface area contributed by atoms with E-state index in [1.54, 1.807) is 0 Å². The standard InChI is InChI=1S/C39H76O4/c1-3-5-7-9-11-13-15-17-19-21-23-25-27-29-31-33-35-42-37-38(36-40)43-39(41)34-32-30-28-26-24-22-20-18-16-14-12-10-8-6-4-2/h17,19,38,40H,3-16,18,20-37H2,1-2H3/b19-17-. The number of ether oxygens (including phenoxy) is 2. The summed E-state index contributed by atoms with van der Waals surface area (Å²) in [6, 6.07) is 0. The Morgan fingerprint density at radius 2 is 0.907 bits per heavy atom. The number of aliphatic hydroxyl groups is 1. The van der Waals surface area contributed by atoms with Gasteiger partial charge in [0.25, 0.3) is 0 Å². The summed E-state index contributed by atoms with van der Waals surface area (Å²) in [7, 11) is 0. The lowest BCUT2D eigenvalue weighted by atomic mass is 10.0. The Balaban J connectivity index is 3.41. The third kappa shape index (κ3) is 35.5. The van der Waals surface area contributed by atoms with E-state index >= 15 is 0 Å². The molecular formula is C39H76O4. The molecule has 1 atom stereocenters. The summed E-state index contributed by atoms with van der Waals surface area (Å²) < 4.78 is 11.1. The Hall–Kier alpha value is -0.870. The molecule has 0 aromatic heterocycles. The number of allylic oxidation sites excluding steroid dienone is 2. The number of esters is 1. The highest BCUT2D eigenvalue weighted by Gasteiger charge is 2.13. The van der Waals surface area contributed by atoms with Crippen LogP contribution in [0.15, 0.2) is 12.2 Å². The highest BCUT2D eigenvalue weighted by Crippen LogP contribution is 2.14. The number of aliphatic hydroxyl groups excluding tert-OH is 1. The van der Waals surface area contributed by atoms with Crippen LogP contribution in [0.1, 0.15) is 206 Å². The van der Waals surface area contributed by atoms with Crippen LogP contribution in [0.4, 0.5) is 0 Å². The van der Waals surface area contributed by atoms with E-state index < -0.39 is 6.10 Å². The minimum Gasteiger partial charge on any atom is -0.457 e. The molecule has 1 unspecified atom stereocenters. The average molecular weight is 609 g/mol. The van der Waals surface area contributed by atoms with Crippen LogP contribution in [-0.2, 0) is 14.3 Å². The molecular weight excluding hydrogens is 532 g/mol. The fraction of sp³-hybridized carbons (Fsp3) is 0.923. The van der Waals surface area contributed by atoms with Gasteiger partial charge >= 0.3 is 5.97 Å². The topological polar surface area (TPSA) is 55.8 Å². The predicted octanol–water partition coefficient (Wildman–Crippen LogP) is 12.2. The maximum atomic E-state index is 12.1. The van der Waals surface area contributed by atoms with Crippen LogP contribution in [0.2, 0.25) is 0 Å². The van der Waals surface area contributed by atoms with Gasteiger partial charge in [0.15, 0.2) is 0 Å². The molecule has 4 nitrogen and oxygen atoms in total. The number of rotatable bonds is 36. The second-order valence-corrected chi connectivity index (χ2v) is 13.0. The van der Waals surface area contributed by atoms with Crippen molar-refractivity contribution in [3.8, 4) is 0 Å². The molecule has 0 saturated heterocycles. The Bertz CT molecular complexity index is 561. The zero-order chi connectivity index (χ0) is 31.3. The van der Waals surface area contributed by atoms with Crippen LogP contribution in [0.5, 0.6) is 0 Å². The maximum absolute atomic E-state index is 12.1. The zero-order valence-electron chi connectivity index (χ0n) is 29.2. The lowest BCUT2D eigenvalue weighted by Crippen LogP contribution is -2.27. The van der Waals surface area contributed by atoms with Crippen molar-refractivity contribution in [2.45, 2.75) is 213 Å². The summed E-state index contributed by atoms with van der Waals surface area (Å²) in [5.74, 6) is -0.199. The summed E-state index contributed by atoms with van der Waals surface area (Å²) in [5.41, 5.74) is 0. The summed E-state index contributed by atoms with van der Waals surface area (Å²) >= 11 is 0. The van der Waals surface area contributed by atoms with Gasteiger partial charge in [-0.3, -0.25) is 4.79 Å². The maximum Gasteiger partial charge on any atom is 0.306 e. The van der Waals surface area contributed by atoms with Gasteiger partial charge in [0.2, 0.25) is 0 Å². The van der Waals surface area contributed by atoms with Crippen molar-refractivity contribution in [1.82, 2.24) is 0 Å². The van der Waals surface area contributed by atoms with Gasteiger partial charge in [-0.25, -0.2) is 0 Å². The summed E-state index contributed by atoms with van der Waals surface area (Å²) in [6.45, 7) is 5.36. The Labute approximate surface area is 269 Å². The van der Waals surface area contributed by atoms with Gasteiger partial charge in [0.1, 0.15) is 6.10 Å². The lowest BCUT2D eigenvalue weighted by molar-refractivity contribution is -0.154. The second kappa shape index (κ2) is 37.3. The van der Waals surface area contributed by atoms with E-state index in [9.17, 15) is 9.90 Å². The van der Waals surface area contributed by atoms with E-state index in [2.05, 4.69) is 26.0 Å². The van der Waals surface area contributed by atoms with Crippen molar-refractivity contribution in [3.63, 3.8) is 0 Å². The van der Waals surface area contributed by atoms with Gasteiger partial charge in [-0.2, -0.15) is 0 Å². The smallest absolute Gasteiger partial charge is 0.306 e. The molecule has 0 amide bonds. The molecule has 0 aliphatic carbocycles. The molecule has 0 rings (SSSR count). The monoisotopic (exact) mass is 609 g/mol. The number of unbranched alkanes of at least 4 members (excludes halogenated alkanes) is 26. The highest BCUT2D eigenvalue weighted by molar-refractivity contribution is 5.69. The number of carbonyl (C=O) groups excluding carboxylic acids is 1. The molecule has 0 bridgehead atoms. The van der Waals surface area contributed by atoms with Crippen LogP contribution in [0.3, 0.4) is 0 Å². The van der Waals surface area contributed by atoms with E-state index in [-0.39, 0.29) is 12.6 Å². The molecule has 0 aromatic carbocycles. The van der Waals surface area contributed by atoms with Crippen LogP contribution >= 0.6 is 0 Å². The number of hydrogen-bond donors (Lipinski definition) is 1. The summed E-state index contributed by atoms with van der Waals surface area (Å²) in [6.07, 6.45) is 42.5. The van der Waals surface area contributed by atoms with Gasteiger partial charge in [0.05, 0.1) is 13.2 Å². The van der Waals surface area contributed by atoms with Gasteiger partial charge in [0, 0.05) is 13.0 Å². The first-order valence-corrected chi connectivity index (χ1v) is 19.3. The molecule has 0 aromatic rings. The Morgan fingerprint density at radius 1 is 0.535 bits per heavy atom.